The van der Waals surface area contributed by atoms with Crippen LogP contribution in [0.5, 0.6) is 0 Å². The van der Waals surface area contributed by atoms with Gasteiger partial charge in [0.15, 0.2) is 6.61 Å². The zero-order valence-electron chi connectivity index (χ0n) is 17.1. The van der Waals surface area contributed by atoms with E-state index in [9.17, 15) is 19.2 Å². The Morgan fingerprint density at radius 2 is 1.80 bits per heavy atom. The van der Waals surface area contributed by atoms with Gasteiger partial charge in [-0.15, -0.1) is 0 Å². The fraction of sp³-hybridized carbons (Fsp3) is 0.333. The van der Waals surface area contributed by atoms with E-state index < -0.39 is 36.3 Å². The van der Waals surface area contributed by atoms with Gasteiger partial charge in [-0.3, -0.25) is 9.59 Å². The number of carbonyl (C=O) groups is 4. The van der Waals surface area contributed by atoms with Gasteiger partial charge < -0.3 is 19.8 Å². The van der Waals surface area contributed by atoms with Crippen LogP contribution in [0.3, 0.4) is 0 Å². The van der Waals surface area contributed by atoms with E-state index in [2.05, 4.69) is 10.3 Å². The molecule has 0 saturated carbocycles. The predicted molar refractivity (Wildman–Crippen MR) is 110 cm³/mol. The Bertz CT molecular complexity index is 982. The van der Waals surface area contributed by atoms with Gasteiger partial charge in [0.2, 0.25) is 5.78 Å². The first kappa shape index (κ1) is 23.2. The molecule has 1 aromatic heterocycles. The monoisotopic (exact) mass is 434 g/mol. The van der Waals surface area contributed by atoms with Crippen LogP contribution < -0.4 is 5.32 Å². The van der Waals surface area contributed by atoms with Crippen LogP contribution in [0.4, 0.5) is 0 Å². The van der Waals surface area contributed by atoms with E-state index in [4.69, 9.17) is 21.1 Å². The number of hydrogen-bond acceptors (Lipinski definition) is 6. The summed E-state index contributed by atoms with van der Waals surface area (Å²) in [6.07, 6.45) is 0. The summed E-state index contributed by atoms with van der Waals surface area (Å²) in [6, 6.07) is 5.41. The molecular weight excluding hydrogens is 412 g/mol. The Kier molecular flexibility index (Phi) is 7.77. The predicted octanol–water partition coefficient (Wildman–Crippen LogP) is 3.01. The second kappa shape index (κ2) is 10.1. The van der Waals surface area contributed by atoms with Crippen molar-refractivity contribution in [3.8, 4) is 0 Å². The van der Waals surface area contributed by atoms with Gasteiger partial charge in [-0.25, -0.2) is 9.59 Å². The normalized spacial score (nSPS) is 11.5. The standard InChI is InChI=1S/C21H23ClN2O6/c1-5-29-21(28)17-11(2)18(23-12(17)3)16(25)10-30-20(27)13(4)24-19(26)14-8-6-7-9-15(14)22/h6-9,13,23H,5,10H2,1-4H3,(H,24,26)/t13-/m0/s1. The SMILES string of the molecule is CCOC(=O)c1c(C)[nH]c(C(=O)COC(=O)[C@H](C)NC(=O)c2ccccc2Cl)c1C. The number of nitrogens with one attached hydrogen (secondary N) is 2. The Labute approximate surface area is 178 Å². The van der Waals surface area contributed by atoms with E-state index in [0.717, 1.165) is 0 Å². The second-order valence-corrected chi connectivity index (χ2v) is 6.96. The number of ether oxygens (including phenoxy) is 2. The third-order valence-corrected chi connectivity index (χ3v) is 4.69. The van der Waals surface area contributed by atoms with Crippen LogP contribution >= 0.6 is 11.6 Å². The molecule has 160 valence electrons. The van der Waals surface area contributed by atoms with E-state index in [1.807, 2.05) is 0 Å². The van der Waals surface area contributed by atoms with Crippen molar-refractivity contribution in [2.45, 2.75) is 33.7 Å². The minimum atomic E-state index is -0.997. The molecule has 0 unspecified atom stereocenters. The minimum absolute atomic E-state index is 0.163. The molecule has 0 aliphatic rings. The molecule has 2 aromatic rings. The summed E-state index contributed by atoms with van der Waals surface area (Å²) < 4.78 is 10.0. The highest BCUT2D eigenvalue weighted by Gasteiger charge is 2.25. The second-order valence-electron chi connectivity index (χ2n) is 6.55. The molecular formula is C21H23ClN2O6. The molecule has 0 spiro atoms. The molecule has 1 atom stereocenters. The lowest BCUT2D eigenvalue weighted by Crippen LogP contribution is -2.40. The molecule has 0 saturated heterocycles. The number of hydrogen-bond donors (Lipinski definition) is 2. The molecule has 9 heteroatoms. The molecule has 0 radical (unpaired) electrons. The Balaban J connectivity index is 1.98. The topological polar surface area (TPSA) is 115 Å². The van der Waals surface area contributed by atoms with Gasteiger partial charge in [0, 0.05) is 5.69 Å². The van der Waals surface area contributed by atoms with Crippen molar-refractivity contribution in [3.63, 3.8) is 0 Å². The number of Topliss-reactive ketones (excluding diaryl/α,β-unsaturated/α-hetero) is 1. The molecule has 0 fully saturated rings. The maximum Gasteiger partial charge on any atom is 0.340 e. The maximum absolute atomic E-state index is 12.5. The molecule has 8 nitrogen and oxygen atoms in total. The van der Waals surface area contributed by atoms with Gasteiger partial charge in [-0.2, -0.15) is 0 Å². The highest BCUT2D eigenvalue weighted by molar-refractivity contribution is 6.33. The molecule has 30 heavy (non-hydrogen) atoms. The average molecular weight is 435 g/mol. The van der Waals surface area contributed by atoms with Crippen molar-refractivity contribution in [1.82, 2.24) is 10.3 Å². The van der Waals surface area contributed by atoms with E-state index >= 15 is 0 Å². The molecule has 2 N–H and O–H groups in total. The van der Waals surface area contributed by atoms with Crippen molar-refractivity contribution in [3.05, 3.63) is 57.4 Å². The minimum Gasteiger partial charge on any atom is -0.462 e. The molecule has 1 heterocycles. The number of rotatable bonds is 8. The first-order valence-electron chi connectivity index (χ1n) is 9.28. The fourth-order valence-electron chi connectivity index (χ4n) is 2.85. The van der Waals surface area contributed by atoms with Crippen molar-refractivity contribution >= 4 is 35.2 Å². The van der Waals surface area contributed by atoms with Crippen LogP contribution in [0.25, 0.3) is 0 Å². The average Bonchev–Trinajstić information content (AvgIpc) is 3.00. The molecule has 0 aliphatic heterocycles. The number of H-pyrrole nitrogens is 1. The Hall–Kier alpha value is -3.13. The van der Waals surface area contributed by atoms with Gasteiger partial charge in [-0.1, -0.05) is 23.7 Å². The number of ketones is 1. The van der Waals surface area contributed by atoms with Crippen LogP contribution in [-0.4, -0.2) is 47.9 Å². The van der Waals surface area contributed by atoms with E-state index in [1.54, 1.807) is 39.0 Å². The number of halogens is 1. The van der Waals surface area contributed by atoms with Gasteiger partial charge >= 0.3 is 11.9 Å². The molecule has 0 bridgehead atoms. The van der Waals surface area contributed by atoms with Gasteiger partial charge in [0.25, 0.3) is 5.91 Å². The largest absolute Gasteiger partial charge is 0.462 e. The number of aromatic amines is 1. The van der Waals surface area contributed by atoms with E-state index in [0.29, 0.717) is 11.3 Å². The van der Waals surface area contributed by atoms with Crippen molar-refractivity contribution < 1.29 is 28.7 Å². The summed E-state index contributed by atoms with van der Waals surface area (Å²) in [7, 11) is 0. The third kappa shape index (κ3) is 5.27. The lowest BCUT2D eigenvalue weighted by atomic mass is 10.1. The summed E-state index contributed by atoms with van der Waals surface area (Å²) in [5.41, 5.74) is 1.58. The number of esters is 2. The Morgan fingerprint density at radius 3 is 2.43 bits per heavy atom. The molecule has 0 aliphatic carbocycles. The van der Waals surface area contributed by atoms with Gasteiger partial charge in [0.1, 0.15) is 6.04 Å². The number of aromatic nitrogens is 1. The first-order chi connectivity index (χ1) is 14.2. The maximum atomic E-state index is 12.5. The number of benzene rings is 1. The third-order valence-electron chi connectivity index (χ3n) is 4.36. The molecule has 2 rings (SSSR count). The van der Waals surface area contributed by atoms with Crippen molar-refractivity contribution in [2.24, 2.45) is 0 Å². The number of carbonyl (C=O) groups excluding carboxylic acids is 4. The van der Waals surface area contributed by atoms with Crippen LogP contribution in [-0.2, 0) is 14.3 Å². The quantitative estimate of drug-likeness (QED) is 0.487. The first-order valence-corrected chi connectivity index (χ1v) is 9.66. The van der Waals surface area contributed by atoms with Crippen LogP contribution in [0.15, 0.2) is 24.3 Å². The summed E-state index contributed by atoms with van der Waals surface area (Å²) >= 11 is 5.97. The van der Waals surface area contributed by atoms with Crippen LogP contribution in [0.2, 0.25) is 5.02 Å². The Morgan fingerprint density at radius 1 is 1.13 bits per heavy atom. The van der Waals surface area contributed by atoms with Gasteiger partial charge in [0.05, 0.1) is 28.5 Å². The lowest BCUT2D eigenvalue weighted by molar-refractivity contribution is -0.144. The highest BCUT2D eigenvalue weighted by atomic mass is 35.5. The summed E-state index contributed by atoms with van der Waals surface area (Å²) in [5.74, 6) is -2.36. The number of aryl methyl sites for hydroxylation is 1. The summed E-state index contributed by atoms with van der Waals surface area (Å²) in [4.78, 5) is 51.7. The van der Waals surface area contributed by atoms with Crippen molar-refractivity contribution in [2.75, 3.05) is 13.2 Å². The summed E-state index contributed by atoms with van der Waals surface area (Å²) in [6.45, 7) is 6.04. The molecule has 1 aromatic carbocycles. The van der Waals surface area contributed by atoms with Gasteiger partial charge in [-0.05, 0) is 45.4 Å². The molecule has 1 amide bonds. The van der Waals surface area contributed by atoms with E-state index in [1.165, 1.54) is 13.0 Å². The smallest absolute Gasteiger partial charge is 0.340 e. The fourth-order valence-corrected chi connectivity index (χ4v) is 3.07. The van der Waals surface area contributed by atoms with E-state index in [-0.39, 0.29) is 28.5 Å². The summed E-state index contributed by atoms with van der Waals surface area (Å²) in [5, 5.41) is 2.73. The highest BCUT2D eigenvalue weighted by Crippen LogP contribution is 2.20. The zero-order chi connectivity index (χ0) is 22.4. The zero-order valence-corrected chi connectivity index (χ0v) is 17.9. The number of amides is 1. The van der Waals surface area contributed by atoms with Crippen LogP contribution in [0, 0.1) is 13.8 Å². The lowest BCUT2D eigenvalue weighted by Gasteiger charge is -2.13. The van der Waals surface area contributed by atoms with Crippen LogP contribution in [0.1, 0.15) is 56.3 Å². The van der Waals surface area contributed by atoms with Crippen molar-refractivity contribution in [1.29, 1.82) is 0 Å².